The first-order valence-electron chi connectivity index (χ1n) is 7.52. The molecule has 0 unspecified atom stereocenters. The normalized spacial score (nSPS) is 14.0. The third-order valence-corrected chi connectivity index (χ3v) is 4.15. The van der Waals surface area contributed by atoms with Gasteiger partial charge in [-0.25, -0.2) is 4.98 Å². The fourth-order valence-electron chi connectivity index (χ4n) is 2.50. The van der Waals surface area contributed by atoms with Gasteiger partial charge in [-0.1, -0.05) is 23.7 Å². The van der Waals surface area contributed by atoms with E-state index >= 15 is 0 Å². The summed E-state index contributed by atoms with van der Waals surface area (Å²) >= 11 is 5.95. The summed E-state index contributed by atoms with van der Waals surface area (Å²) in [5.74, 6) is -0.117. The highest BCUT2D eigenvalue weighted by atomic mass is 35.5. The molecular formula is C18H14ClN3O. The first-order chi connectivity index (χ1) is 11.2. The summed E-state index contributed by atoms with van der Waals surface area (Å²) in [5, 5.41) is 4.55. The Morgan fingerprint density at radius 2 is 1.87 bits per heavy atom. The van der Waals surface area contributed by atoms with E-state index in [1.165, 1.54) is 0 Å². The van der Waals surface area contributed by atoms with E-state index in [0.717, 1.165) is 34.9 Å². The molecule has 1 saturated carbocycles. The number of hydrogen-bond donors (Lipinski definition) is 1. The zero-order chi connectivity index (χ0) is 15.8. The van der Waals surface area contributed by atoms with Gasteiger partial charge in [0, 0.05) is 34.4 Å². The fourth-order valence-corrected chi connectivity index (χ4v) is 2.62. The summed E-state index contributed by atoms with van der Waals surface area (Å²) in [5.41, 5.74) is 3.07. The van der Waals surface area contributed by atoms with Crippen LogP contribution in [0.25, 0.3) is 22.0 Å². The van der Waals surface area contributed by atoms with Gasteiger partial charge in [0.1, 0.15) is 5.69 Å². The highest BCUT2D eigenvalue weighted by Gasteiger charge is 2.24. The number of pyridine rings is 2. The average Bonchev–Trinajstić information content (AvgIpc) is 3.38. The zero-order valence-electron chi connectivity index (χ0n) is 12.3. The molecule has 3 aromatic rings. The average molecular weight is 324 g/mol. The molecule has 1 aliphatic rings. The van der Waals surface area contributed by atoms with Crippen LogP contribution < -0.4 is 5.32 Å². The maximum absolute atomic E-state index is 12.2. The summed E-state index contributed by atoms with van der Waals surface area (Å²) in [6, 6.07) is 11.5. The molecule has 0 bridgehead atoms. The molecule has 0 saturated heterocycles. The van der Waals surface area contributed by atoms with Crippen molar-refractivity contribution in [3.8, 4) is 11.1 Å². The molecule has 5 heteroatoms. The molecule has 1 N–H and O–H groups in total. The molecule has 0 atom stereocenters. The largest absolute Gasteiger partial charge is 0.348 e. The molecule has 1 amide bonds. The van der Waals surface area contributed by atoms with Crippen molar-refractivity contribution < 1.29 is 4.79 Å². The lowest BCUT2D eigenvalue weighted by atomic mass is 10.0. The van der Waals surface area contributed by atoms with Gasteiger partial charge in [-0.2, -0.15) is 0 Å². The Labute approximate surface area is 138 Å². The SMILES string of the molecule is O=C(NC1CC1)c1ccc2cncc(-c3ccc(Cl)cc3)c2n1. The summed E-state index contributed by atoms with van der Waals surface area (Å²) in [7, 11) is 0. The topological polar surface area (TPSA) is 54.9 Å². The van der Waals surface area contributed by atoms with Crippen LogP contribution in [0.4, 0.5) is 0 Å². The second-order valence-corrected chi connectivity index (χ2v) is 6.15. The van der Waals surface area contributed by atoms with E-state index in [1.54, 1.807) is 18.5 Å². The van der Waals surface area contributed by atoms with Crippen LogP contribution in [0.2, 0.25) is 5.02 Å². The Kier molecular flexibility index (Phi) is 3.46. The van der Waals surface area contributed by atoms with Crippen LogP contribution in [-0.4, -0.2) is 21.9 Å². The summed E-state index contributed by atoms with van der Waals surface area (Å²) < 4.78 is 0. The van der Waals surface area contributed by atoms with E-state index in [-0.39, 0.29) is 5.91 Å². The monoisotopic (exact) mass is 323 g/mol. The molecule has 2 aromatic heterocycles. The van der Waals surface area contributed by atoms with Crippen LogP contribution >= 0.6 is 11.6 Å². The number of hydrogen-bond acceptors (Lipinski definition) is 3. The number of halogens is 1. The smallest absolute Gasteiger partial charge is 0.270 e. The van der Waals surface area contributed by atoms with E-state index in [0.29, 0.717) is 16.8 Å². The van der Waals surface area contributed by atoms with Crippen LogP contribution in [0.5, 0.6) is 0 Å². The van der Waals surface area contributed by atoms with Crippen molar-refractivity contribution in [2.24, 2.45) is 0 Å². The molecule has 0 spiro atoms. The maximum atomic E-state index is 12.2. The van der Waals surface area contributed by atoms with E-state index in [2.05, 4.69) is 15.3 Å². The lowest BCUT2D eigenvalue weighted by molar-refractivity contribution is 0.0946. The predicted molar refractivity (Wildman–Crippen MR) is 90.5 cm³/mol. The quantitative estimate of drug-likeness (QED) is 0.796. The predicted octanol–water partition coefficient (Wildman–Crippen LogP) is 3.84. The summed E-state index contributed by atoms with van der Waals surface area (Å²) in [6.07, 6.45) is 5.63. The van der Waals surface area contributed by atoms with E-state index in [9.17, 15) is 4.79 Å². The Balaban J connectivity index is 1.80. The van der Waals surface area contributed by atoms with Crippen molar-refractivity contribution in [1.29, 1.82) is 0 Å². The highest BCUT2D eigenvalue weighted by molar-refractivity contribution is 6.30. The number of nitrogens with zero attached hydrogens (tertiary/aromatic N) is 2. The number of benzene rings is 1. The molecule has 0 aliphatic heterocycles. The van der Waals surface area contributed by atoms with Crippen LogP contribution in [0.15, 0.2) is 48.8 Å². The summed E-state index contributed by atoms with van der Waals surface area (Å²) in [4.78, 5) is 21.1. The standard InChI is InChI=1S/C18H14ClN3O/c19-13-4-1-11(2-5-13)15-10-20-9-12-3-8-16(22-17(12)15)18(23)21-14-6-7-14/h1-5,8-10,14H,6-7H2,(H,21,23). The minimum absolute atomic E-state index is 0.117. The van der Waals surface area contributed by atoms with Gasteiger partial charge in [0.15, 0.2) is 0 Å². The highest BCUT2D eigenvalue weighted by Crippen LogP contribution is 2.27. The Morgan fingerprint density at radius 3 is 2.61 bits per heavy atom. The number of fused-ring (bicyclic) bond motifs is 1. The second kappa shape index (κ2) is 5.63. The molecule has 23 heavy (non-hydrogen) atoms. The molecule has 1 aromatic carbocycles. The van der Waals surface area contributed by atoms with Gasteiger partial charge >= 0.3 is 0 Å². The number of nitrogens with one attached hydrogen (secondary N) is 1. The van der Waals surface area contributed by atoms with Crippen LogP contribution in [0, 0.1) is 0 Å². The third kappa shape index (κ3) is 2.90. The first kappa shape index (κ1) is 14.2. The molecule has 2 heterocycles. The molecule has 1 aliphatic carbocycles. The van der Waals surface area contributed by atoms with Crippen LogP contribution in [-0.2, 0) is 0 Å². The van der Waals surface area contributed by atoms with E-state index < -0.39 is 0 Å². The van der Waals surface area contributed by atoms with Crippen LogP contribution in [0.3, 0.4) is 0 Å². The number of rotatable bonds is 3. The Bertz CT molecular complexity index is 888. The van der Waals surface area contributed by atoms with E-state index in [4.69, 9.17) is 11.6 Å². The lowest BCUT2D eigenvalue weighted by Crippen LogP contribution is -2.26. The number of aromatic nitrogens is 2. The minimum Gasteiger partial charge on any atom is -0.348 e. The lowest BCUT2D eigenvalue weighted by Gasteiger charge is -2.08. The minimum atomic E-state index is -0.117. The van der Waals surface area contributed by atoms with Gasteiger partial charge in [0.05, 0.1) is 5.52 Å². The number of amides is 1. The fraction of sp³-hybridized carbons (Fsp3) is 0.167. The molecule has 4 rings (SSSR count). The molecule has 114 valence electrons. The molecule has 1 fully saturated rings. The maximum Gasteiger partial charge on any atom is 0.270 e. The molecular weight excluding hydrogens is 310 g/mol. The van der Waals surface area contributed by atoms with Crippen molar-refractivity contribution in [1.82, 2.24) is 15.3 Å². The van der Waals surface area contributed by atoms with Gasteiger partial charge in [-0.05, 0) is 42.7 Å². The van der Waals surface area contributed by atoms with Crippen LogP contribution in [0.1, 0.15) is 23.3 Å². The van der Waals surface area contributed by atoms with Gasteiger partial charge in [-0.3, -0.25) is 9.78 Å². The molecule has 4 nitrogen and oxygen atoms in total. The third-order valence-electron chi connectivity index (χ3n) is 3.90. The second-order valence-electron chi connectivity index (χ2n) is 5.71. The van der Waals surface area contributed by atoms with E-state index in [1.807, 2.05) is 30.3 Å². The Morgan fingerprint density at radius 1 is 1.09 bits per heavy atom. The van der Waals surface area contributed by atoms with Gasteiger partial charge < -0.3 is 5.32 Å². The van der Waals surface area contributed by atoms with Crippen molar-refractivity contribution in [3.05, 3.63) is 59.5 Å². The zero-order valence-corrected chi connectivity index (χ0v) is 13.0. The Hall–Kier alpha value is -2.46. The first-order valence-corrected chi connectivity index (χ1v) is 7.90. The van der Waals surface area contributed by atoms with Gasteiger partial charge in [-0.15, -0.1) is 0 Å². The van der Waals surface area contributed by atoms with Crippen molar-refractivity contribution >= 4 is 28.4 Å². The van der Waals surface area contributed by atoms with Crippen molar-refractivity contribution in [2.75, 3.05) is 0 Å². The van der Waals surface area contributed by atoms with Crippen molar-refractivity contribution in [2.45, 2.75) is 18.9 Å². The summed E-state index contributed by atoms with van der Waals surface area (Å²) in [6.45, 7) is 0. The van der Waals surface area contributed by atoms with Gasteiger partial charge in [0.25, 0.3) is 5.91 Å². The number of carbonyl (C=O) groups is 1. The molecule has 0 radical (unpaired) electrons. The number of carbonyl (C=O) groups excluding carboxylic acids is 1. The van der Waals surface area contributed by atoms with Gasteiger partial charge in [0.2, 0.25) is 0 Å². The van der Waals surface area contributed by atoms with Crippen molar-refractivity contribution in [3.63, 3.8) is 0 Å².